The number of thiazole rings is 1. The molecule has 0 saturated carbocycles. The fourth-order valence-electron chi connectivity index (χ4n) is 4.96. The van der Waals surface area contributed by atoms with Gasteiger partial charge in [-0.1, -0.05) is 45.5 Å². The van der Waals surface area contributed by atoms with Crippen LogP contribution in [-0.2, 0) is 16.1 Å². The maximum Gasteiger partial charge on any atom is 0.338 e. The van der Waals surface area contributed by atoms with E-state index in [1.165, 1.54) is 28.0 Å². The molecule has 0 saturated heterocycles. The number of hydrogen-bond acceptors (Lipinski definition) is 8. The molecule has 45 heavy (non-hydrogen) atoms. The van der Waals surface area contributed by atoms with Crippen LogP contribution < -0.4 is 29.1 Å². The van der Waals surface area contributed by atoms with Crippen molar-refractivity contribution in [3.05, 3.63) is 119 Å². The van der Waals surface area contributed by atoms with Gasteiger partial charge in [0.1, 0.15) is 18.2 Å². The number of ether oxygens (including phenoxy) is 4. The molecule has 0 fully saturated rings. The summed E-state index contributed by atoms with van der Waals surface area (Å²) in [6.07, 6.45) is 1.66. The molecule has 0 N–H and O–H groups in total. The zero-order valence-electron chi connectivity index (χ0n) is 25.4. The van der Waals surface area contributed by atoms with Gasteiger partial charge in [-0.15, -0.1) is 0 Å². The van der Waals surface area contributed by atoms with E-state index < -0.39 is 12.0 Å². The Labute approximate surface area is 272 Å². The summed E-state index contributed by atoms with van der Waals surface area (Å²) in [6.45, 7) is 7.68. The van der Waals surface area contributed by atoms with Crippen molar-refractivity contribution in [1.82, 2.24) is 4.57 Å². The first kappa shape index (κ1) is 32.2. The van der Waals surface area contributed by atoms with Gasteiger partial charge in [-0.25, -0.2) is 14.2 Å². The van der Waals surface area contributed by atoms with Gasteiger partial charge in [0.25, 0.3) is 5.56 Å². The molecule has 1 aliphatic rings. The predicted molar refractivity (Wildman–Crippen MR) is 174 cm³/mol. The van der Waals surface area contributed by atoms with Crippen LogP contribution in [0.3, 0.4) is 0 Å². The SMILES string of the molecule is CCOC(=O)C1=C(C)N=c2s/c(=C\c3cc(Br)ccc3OCc3ccc(F)cc3)c(=O)n2[C@@H]1c1ccc(OC(C)C)c(OC)c1. The molecule has 0 radical (unpaired) electrons. The number of carbonyl (C=O) groups is 1. The third-order valence-electron chi connectivity index (χ3n) is 6.95. The number of rotatable bonds is 10. The lowest BCUT2D eigenvalue weighted by molar-refractivity contribution is -0.139. The summed E-state index contributed by atoms with van der Waals surface area (Å²) in [5.41, 5.74) is 2.49. The fraction of sp³-hybridized carbons (Fsp3) is 0.265. The largest absolute Gasteiger partial charge is 0.493 e. The Morgan fingerprint density at radius 2 is 1.82 bits per heavy atom. The molecule has 0 amide bonds. The Kier molecular flexibility index (Phi) is 9.89. The maximum atomic E-state index is 14.2. The number of halogens is 2. The molecule has 0 bridgehead atoms. The summed E-state index contributed by atoms with van der Waals surface area (Å²) in [5, 5.41) is 0. The molecular weight excluding hydrogens is 663 g/mol. The average molecular weight is 696 g/mol. The number of hydrogen-bond donors (Lipinski definition) is 0. The standard InChI is InChI=1S/C34H32BrFN2O6S/c1-6-42-33(40)30-20(4)37-34-38(31(30)22-9-13-27(44-19(2)3)28(16-22)41-5)32(39)29(45-34)17-23-15-24(35)10-14-26(23)43-18-21-7-11-25(36)12-8-21/h7-17,19,31H,6,18H2,1-5H3/b29-17-/t31-/m1/s1. The Morgan fingerprint density at radius 1 is 1.09 bits per heavy atom. The molecule has 3 aromatic carbocycles. The first-order chi connectivity index (χ1) is 21.6. The first-order valence-corrected chi connectivity index (χ1v) is 15.9. The highest BCUT2D eigenvalue weighted by Crippen LogP contribution is 2.36. The van der Waals surface area contributed by atoms with E-state index in [1.54, 1.807) is 57.4 Å². The van der Waals surface area contributed by atoms with Crippen LogP contribution >= 0.6 is 27.3 Å². The van der Waals surface area contributed by atoms with Crippen molar-refractivity contribution >= 4 is 39.3 Å². The molecule has 1 aliphatic heterocycles. The second-order valence-electron chi connectivity index (χ2n) is 10.5. The van der Waals surface area contributed by atoms with Crippen LogP contribution in [0.5, 0.6) is 17.2 Å². The highest BCUT2D eigenvalue weighted by Gasteiger charge is 2.34. The molecule has 4 aromatic rings. The van der Waals surface area contributed by atoms with Gasteiger partial charge in [0, 0.05) is 10.0 Å². The molecule has 1 atom stereocenters. The third-order valence-corrected chi connectivity index (χ3v) is 8.43. The van der Waals surface area contributed by atoms with E-state index in [9.17, 15) is 14.0 Å². The van der Waals surface area contributed by atoms with E-state index in [2.05, 4.69) is 20.9 Å². The quantitative estimate of drug-likeness (QED) is 0.187. The van der Waals surface area contributed by atoms with E-state index in [0.29, 0.717) is 43.4 Å². The Hall–Kier alpha value is -4.22. The van der Waals surface area contributed by atoms with E-state index in [0.717, 1.165) is 10.0 Å². The minimum absolute atomic E-state index is 0.0813. The number of benzene rings is 3. The highest BCUT2D eigenvalue weighted by atomic mass is 79.9. The molecule has 1 aromatic heterocycles. The van der Waals surface area contributed by atoms with E-state index in [1.807, 2.05) is 32.0 Å². The summed E-state index contributed by atoms with van der Waals surface area (Å²) < 4.78 is 39.1. The van der Waals surface area contributed by atoms with Crippen LogP contribution in [0.15, 0.2) is 86.2 Å². The maximum absolute atomic E-state index is 14.2. The number of methoxy groups -OCH3 is 1. The molecule has 2 heterocycles. The van der Waals surface area contributed by atoms with Crippen molar-refractivity contribution in [3.63, 3.8) is 0 Å². The molecule has 11 heteroatoms. The van der Waals surface area contributed by atoms with Gasteiger partial charge in [-0.3, -0.25) is 9.36 Å². The van der Waals surface area contributed by atoms with Gasteiger partial charge in [0.05, 0.1) is 41.7 Å². The topological polar surface area (TPSA) is 88.4 Å². The van der Waals surface area contributed by atoms with Crippen LogP contribution in [0.25, 0.3) is 6.08 Å². The number of fused-ring (bicyclic) bond motifs is 1. The first-order valence-electron chi connectivity index (χ1n) is 14.3. The van der Waals surface area contributed by atoms with Crippen LogP contribution in [0.1, 0.15) is 50.4 Å². The normalized spacial score (nSPS) is 14.7. The lowest BCUT2D eigenvalue weighted by Gasteiger charge is -2.25. The number of aromatic nitrogens is 1. The molecule has 0 spiro atoms. The summed E-state index contributed by atoms with van der Waals surface area (Å²) >= 11 is 4.73. The van der Waals surface area contributed by atoms with Crippen molar-refractivity contribution in [2.24, 2.45) is 4.99 Å². The van der Waals surface area contributed by atoms with Gasteiger partial charge in [0.2, 0.25) is 0 Å². The average Bonchev–Trinajstić information content (AvgIpc) is 3.30. The third kappa shape index (κ3) is 7.04. The van der Waals surface area contributed by atoms with Gasteiger partial charge >= 0.3 is 5.97 Å². The Bertz CT molecular complexity index is 1950. The lowest BCUT2D eigenvalue weighted by Crippen LogP contribution is -2.40. The minimum atomic E-state index is -0.818. The molecular formula is C34H32BrFN2O6S. The molecule has 8 nitrogen and oxygen atoms in total. The van der Waals surface area contributed by atoms with Gasteiger partial charge in [0.15, 0.2) is 16.3 Å². The van der Waals surface area contributed by atoms with Crippen molar-refractivity contribution in [2.75, 3.05) is 13.7 Å². The number of carbonyl (C=O) groups excluding carboxylic acids is 1. The van der Waals surface area contributed by atoms with Gasteiger partial charge in [-0.2, -0.15) is 0 Å². The lowest BCUT2D eigenvalue weighted by atomic mass is 9.95. The van der Waals surface area contributed by atoms with E-state index in [-0.39, 0.29) is 36.3 Å². The van der Waals surface area contributed by atoms with Crippen molar-refractivity contribution < 1.29 is 28.1 Å². The number of allylic oxidation sites excluding steroid dienone is 1. The van der Waals surface area contributed by atoms with E-state index >= 15 is 0 Å². The number of nitrogens with zero attached hydrogens (tertiary/aromatic N) is 2. The van der Waals surface area contributed by atoms with E-state index in [4.69, 9.17) is 18.9 Å². The summed E-state index contributed by atoms with van der Waals surface area (Å²) in [6, 6.07) is 16.1. The van der Waals surface area contributed by atoms with Crippen molar-refractivity contribution in [3.8, 4) is 17.2 Å². The predicted octanol–water partition coefficient (Wildman–Crippen LogP) is 6.07. The van der Waals surface area contributed by atoms with Gasteiger partial charge < -0.3 is 18.9 Å². The minimum Gasteiger partial charge on any atom is -0.493 e. The molecule has 0 unspecified atom stereocenters. The van der Waals surface area contributed by atoms with Crippen LogP contribution in [0.4, 0.5) is 4.39 Å². The monoisotopic (exact) mass is 694 g/mol. The zero-order valence-corrected chi connectivity index (χ0v) is 27.8. The van der Waals surface area contributed by atoms with Crippen molar-refractivity contribution in [2.45, 2.75) is 46.4 Å². The Balaban J connectivity index is 1.63. The molecule has 0 aliphatic carbocycles. The fourth-order valence-corrected chi connectivity index (χ4v) is 6.38. The smallest absolute Gasteiger partial charge is 0.338 e. The van der Waals surface area contributed by atoms with Gasteiger partial charge in [-0.05, 0) is 87.4 Å². The molecule has 234 valence electrons. The summed E-state index contributed by atoms with van der Waals surface area (Å²) in [7, 11) is 1.54. The highest BCUT2D eigenvalue weighted by molar-refractivity contribution is 9.10. The van der Waals surface area contributed by atoms with Crippen LogP contribution in [0, 0.1) is 5.82 Å². The second-order valence-corrected chi connectivity index (χ2v) is 12.4. The summed E-state index contributed by atoms with van der Waals surface area (Å²) in [4.78, 5) is 32.6. The molecule has 5 rings (SSSR count). The summed E-state index contributed by atoms with van der Waals surface area (Å²) in [5.74, 6) is 0.682. The van der Waals surface area contributed by atoms with Crippen LogP contribution in [-0.4, -0.2) is 30.4 Å². The number of esters is 1. The Morgan fingerprint density at radius 3 is 2.51 bits per heavy atom. The second kappa shape index (κ2) is 13.8. The van der Waals surface area contributed by atoms with Crippen LogP contribution in [0.2, 0.25) is 0 Å². The zero-order chi connectivity index (χ0) is 32.2. The van der Waals surface area contributed by atoms with Crippen molar-refractivity contribution in [1.29, 1.82) is 0 Å².